The van der Waals surface area contributed by atoms with Crippen molar-refractivity contribution >= 4 is 22.6 Å². The maximum absolute atomic E-state index is 11.2. The first-order valence-corrected chi connectivity index (χ1v) is 9.29. The van der Waals surface area contributed by atoms with E-state index in [2.05, 4.69) is 20.2 Å². The van der Waals surface area contributed by atoms with Crippen LogP contribution in [0.3, 0.4) is 0 Å². The summed E-state index contributed by atoms with van der Waals surface area (Å²) in [6.45, 7) is 0. The Morgan fingerprint density at radius 3 is 2.83 bits per heavy atom. The van der Waals surface area contributed by atoms with Gasteiger partial charge in [-0.15, -0.1) is 0 Å². The number of aliphatic hydroxyl groups excluding tert-OH is 2. The second-order valence-corrected chi connectivity index (χ2v) is 7.67. The number of ether oxygens (including phenoxy) is 1. The normalized spacial score (nSPS) is 34.2. The smallest absolute Gasteiger partial charge is 0.205 e. The van der Waals surface area contributed by atoms with Crippen LogP contribution in [0, 0.1) is 0 Å². The van der Waals surface area contributed by atoms with Crippen LogP contribution >= 0.6 is 11.6 Å². The number of aliphatic hydroxyl groups is 3. The van der Waals surface area contributed by atoms with Gasteiger partial charge in [-0.2, -0.15) is 5.10 Å². The Morgan fingerprint density at radius 1 is 1.34 bits per heavy atom. The van der Waals surface area contributed by atoms with E-state index in [9.17, 15) is 15.3 Å². The van der Waals surface area contributed by atoms with Crippen LogP contribution in [0.25, 0.3) is 11.0 Å². The highest BCUT2D eigenvalue weighted by atomic mass is 35.5. The lowest BCUT2D eigenvalue weighted by Gasteiger charge is -2.20. The second-order valence-electron chi connectivity index (χ2n) is 7.23. The number of rotatable bonds is 3. The maximum Gasteiger partial charge on any atom is 0.205 e. The lowest BCUT2D eigenvalue weighted by atomic mass is 9.99. The molecule has 11 heteroatoms. The Bertz CT molecular complexity index is 1150. The van der Waals surface area contributed by atoms with Crippen molar-refractivity contribution in [2.45, 2.75) is 36.1 Å². The SMILES string of the molecule is CO/N=c1/nc[nH]c2c1cnn2[C@@H]1O[C@@]2(C[C@@]2(O)c2ccc(Cl)cc2)[C@@H](O)[C@H]1O. The number of benzene rings is 1. The molecule has 5 rings (SSSR count). The zero-order valence-electron chi connectivity index (χ0n) is 15.2. The quantitative estimate of drug-likeness (QED) is 0.443. The van der Waals surface area contributed by atoms with Gasteiger partial charge in [-0.05, 0) is 17.7 Å². The monoisotopic (exact) mass is 419 g/mol. The van der Waals surface area contributed by atoms with Crippen LogP contribution in [-0.4, -0.2) is 60.0 Å². The number of nitrogens with zero attached hydrogens (tertiary/aromatic N) is 4. The van der Waals surface area contributed by atoms with Crippen LogP contribution in [0.4, 0.5) is 0 Å². The maximum atomic E-state index is 11.2. The molecule has 0 unspecified atom stereocenters. The highest BCUT2D eigenvalue weighted by Gasteiger charge is 2.78. The fourth-order valence-electron chi connectivity index (χ4n) is 4.12. The molecule has 2 aromatic heterocycles. The number of aromatic nitrogens is 4. The van der Waals surface area contributed by atoms with Crippen LogP contribution in [0.2, 0.25) is 5.02 Å². The Labute approximate surface area is 169 Å². The highest BCUT2D eigenvalue weighted by molar-refractivity contribution is 6.30. The summed E-state index contributed by atoms with van der Waals surface area (Å²) in [5.74, 6) is 0. The lowest BCUT2D eigenvalue weighted by Crippen LogP contribution is -2.38. The molecule has 29 heavy (non-hydrogen) atoms. The van der Waals surface area contributed by atoms with Crippen molar-refractivity contribution < 1.29 is 24.9 Å². The molecule has 0 amide bonds. The first kappa shape index (κ1) is 18.5. The number of hydrogen-bond acceptors (Lipinski definition) is 8. The van der Waals surface area contributed by atoms with E-state index >= 15 is 0 Å². The van der Waals surface area contributed by atoms with E-state index in [0.717, 1.165) is 0 Å². The molecule has 0 radical (unpaired) electrons. The molecule has 1 aliphatic carbocycles. The van der Waals surface area contributed by atoms with E-state index < -0.39 is 29.6 Å². The van der Waals surface area contributed by atoms with Crippen molar-refractivity contribution in [1.82, 2.24) is 19.7 Å². The van der Waals surface area contributed by atoms with Crippen molar-refractivity contribution in [2.75, 3.05) is 7.11 Å². The summed E-state index contributed by atoms with van der Waals surface area (Å²) in [6.07, 6.45) is -0.625. The van der Waals surface area contributed by atoms with Crippen LogP contribution in [0.15, 0.2) is 41.9 Å². The Kier molecular flexibility index (Phi) is 3.99. The summed E-state index contributed by atoms with van der Waals surface area (Å²) >= 11 is 5.93. The zero-order valence-corrected chi connectivity index (χ0v) is 16.0. The van der Waals surface area contributed by atoms with Gasteiger partial charge in [0.05, 0.1) is 17.9 Å². The minimum Gasteiger partial charge on any atom is -0.397 e. The van der Waals surface area contributed by atoms with E-state index in [0.29, 0.717) is 27.1 Å². The molecule has 2 aliphatic rings. The van der Waals surface area contributed by atoms with Gasteiger partial charge in [0.1, 0.15) is 36.2 Å². The number of fused-ring (bicyclic) bond motifs is 1. The van der Waals surface area contributed by atoms with E-state index in [1.54, 1.807) is 24.3 Å². The molecule has 152 valence electrons. The molecule has 1 saturated carbocycles. The molecule has 3 heterocycles. The highest BCUT2D eigenvalue weighted by Crippen LogP contribution is 2.65. The summed E-state index contributed by atoms with van der Waals surface area (Å²) in [4.78, 5) is 11.8. The predicted octanol–water partition coefficient (Wildman–Crippen LogP) is 0.156. The van der Waals surface area contributed by atoms with Gasteiger partial charge in [-0.3, -0.25) is 0 Å². The lowest BCUT2D eigenvalue weighted by molar-refractivity contribution is -0.0927. The Balaban J connectivity index is 1.53. The van der Waals surface area contributed by atoms with E-state index in [1.807, 2.05) is 0 Å². The van der Waals surface area contributed by atoms with Crippen LogP contribution in [-0.2, 0) is 15.2 Å². The summed E-state index contributed by atoms with van der Waals surface area (Å²) in [7, 11) is 1.41. The average Bonchev–Trinajstić information content (AvgIpc) is 2.99. The van der Waals surface area contributed by atoms with Crippen molar-refractivity contribution in [1.29, 1.82) is 0 Å². The topological polar surface area (TPSA) is 138 Å². The fraction of sp³-hybridized carbons (Fsp3) is 0.389. The molecular weight excluding hydrogens is 402 g/mol. The summed E-state index contributed by atoms with van der Waals surface area (Å²) < 4.78 is 7.45. The number of H-pyrrole nitrogens is 1. The number of hydrogen-bond donors (Lipinski definition) is 4. The van der Waals surface area contributed by atoms with Crippen molar-refractivity contribution in [3.05, 3.63) is 52.9 Å². The van der Waals surface area contributed by atoms with E-state index in [4.69, 9.17) is 21.2 Å². The standard InChI is InChI=1S/C18H18ClN5O5/c1-28-23-14-11-6-22-24(15(11)21-8-20-14)16-12(25)13(26)18(29-16)7-17(18,27)9-2-4-10(19)5-3-9/h2-6,8,12-13,16,25-27H,7H2,1H3,(H,20,21,23)/t12-,13+,16-,17-,18+/m1/s1. The van der Waals surface area contributed by atoms with Crippen LogP contribution < -0.4 is 5.49 Å². The molecule has 3 aromatic rings. The van der Waals surface area contributed by atoms with Crippen LogP contribution in [0.1, 0.15) is 18.2 Å². The molecule has 1 saturated heterocycles. The Hall–Kier alpha value is -2.50. The van der Waals surface area contributed by atoms with Crippen LogP contribution in [0.5, 0.6) is 0 Å². The van der Waals surface area contributed by atoms with E-state index in [1.165, 1.54) is 24.3 Å². The molecule has 4 N–H and O–H groups in total. The molecule has 10 nitrogen and oxygen atoms in total. The third-order valence-corrected chi connectivity index (χ3v) is 5.94. The van der Waals surface area contributed by atoms with Gasteiger partial charge in [0.2, 0.25) is 5.49 Å². The summed E-state index contributed by atoms with van der Waals surface area (Å²) in [5, 5.41) is 41.8. The van der Waals surface area contributed by atoms with Gasteiger partial charge in [0.25, 0.3) is 0 Å². The first-order chi connectivity index (χ1) is 13.9. The van der Waals surface area contributed by atoms with Gasteiger partial charge >= 0.3 is 0 Å². The second kappa shape index (κ2) is 6.25. The van der Waals surface area contributed by atoms with Gasteiger partial charge in [0.15, 0.2) is 6.23 Å². The largest absolute Gasteiger partial charge is 0.397 e. The number of nitrogens with one attached hydrogen (secondary N) is 1. The Morgan fingerprint density at radius 2 is 2.10 bits per heavy atom. The third-order valence-electron chi connectivity index (χ3n) is 5.68. The number of halogens is 1. The van der Waals surface area contributed by atoms with Gasteiger partial charge in [-0.25, -0.2) is 9.67 Å². The van der Waals surface area contributed by atoms with Gasteiger partial charge in [0, 0.05) is 11.4 Å². The molecule has 1 aromatic carbocycles. The van der Waals surface area contributed by atoms with Crippen molar-refractivity contribution in [3.8, 4) is 0 Å². The number of aromatic amines is 1. The van der Waals surface area contributed by atoms with Crippen molar-refractivity contribution in [2.24, 2.45) is 5.16 Å². The van der Waals surface area contributed by atoms with Gasteiger partial charge < -0.3 is 29.9 Å². The third kappa shape index (κ3) is 2.47. The zero-order chi connectivity index (χ0) is 20.4. The molecule has 2 fully saturated rings. The summed E-state index contributed by atoms with van der Waals surface area (Å²) in [5.41, 5.74) is -1.47. The molecule has 1 spiro atoms. The molecular formula is C18H18ClN5O5. The van der Waals surface area contributed by atoms with Gasteiger partial charge in [-0.1, -0.05) is 28.9 Å². The molecule has 5 atom stereocenters. The predicted molar refractivity (Wildman–Crippen MR) is 99.3 cm³/mol. The fourth-order valence-corrected chi connectivity index (χ4v) is 4.25. The first-order valence-electron chi connectivity index (χ1n) is 8.92. The minimum atomic E-state index is -1.45. The average molecular weight is 420 g/mol. The summed E-state index contributed by atoms with van der Waals surface area (Å²) in [6, 6.07) is 6.65. The molecule has 0 bridgehead atoms. The van der Waals surface area contributed by atoms with Crippen molar-refractivity contribution in [3.63, 3.8) is 0 Å². The molecule has 1 aliphatic heterocycles. The van der Waals surface area contributed by atoms with E-state index in [-0.39, 0.29) is 6.42 Å². The minimum absolute atomic E-state index is 0.130.